The van der Waals surface area contributed by atoms with E-state index in [9.17, 15) is 13.2 Å². The van der Waals surface area contributed by atoms with Crippen LogP contribution in [0.5, 0.6) is 0 Å². The number of hydrogen-bond acceptors (Lipinski definition) is 6. The van der Waals surface area contributed by atoms with E-state index in [1.54, 1.807) is 0 Å². The van der Waals surface area contributed by atoms with Crippen molar-refractivity contribution in [3.8, 4) is 0 Å². The van der Waals surface area contributed by atoms with Crippen molar-refractivity contribution in [3.63, 3.8) is 0 Å². The number of aromatic nitrogens is 3. The van der Waals surface area contributed by atoms with Crippen molar-refractivity contribution in [1.82, 2.24) is 15.0 Å². The number of hydrogen-bond donors (Lipinski definition) is 0. The Balaban J connectivity index is 2.11. The van der Waals surface area contributed by atoms with E-state index >= 15 is 0 Å². The quantitative estimate of drug-likeness (QED) is 0.710. The average Bonchev–Trinajstić information content (AvgIpc) is 2.58. The molecular formula is C8H9ClN4O3S. The number of anilines is 1. The number of rotatable bonds is 3. The summed E-state index contributed by atoms with van der Waals surface area (Å²) in [5.74, 6) is -0.509. The molecule has 0 N–H and O–H groups in total. The highest BCUT2D eigenvalue weighted by Gasteiger charge is 2.34. The minimum absolute atomic E-state index is 0.137. The Labute approximate surface area is 102 Å². The number of nitrogens with zero attached hydrogens (tertiary/aromatic N) is 4. The Bertz CT molecular complexity index is 521. The first-order valence-electron chi connectivity index (χ1n) is 4.80. The number of halogens is 1. The molecule has 1 aromatic heterocycles. The maximum Gasteiger partial charge on any atom is 0.235 e. The zero-order valence-electron chi connectivity index (χ0n) is 8.65. The van der Waals surface area contributed by atoms with Gasteiger partial charge in [-0.15, -0.1) is 0 Å². The summed E-state index contributed by atoms with van der Waals surface area (Å²) < 4.78 is 21.9. The summed E-state index contributed by atoms with van der Waals surface area (Å²) in [4.78, 5) is 24.3. The number of carbonyl (C=O) groups is 1. The molecule has 0 saturated carbocycles. The first-order chi connectivity index (χ1) is 7.96. The zero-order valence-corrected chi connectivity index (χ0v) is 10.2. The molecule has 7 nitrogen and oxygen atoms in total. The van der Waals surface area contributed by atoms with E-state index in [0.29, 0.717) is 0 Å². The fraction of sp³-hybridized carbons (Fsp3) is 0.500. The molecule has 1 saturated heterocycles. The van der Waals surface area contributed by atoms with Gasteiger partial charge in [-0.3, -0.25) is 9.69 Å². The van der Waals surface area contributed by atoms with Crippen molar-refractivity contribution in [2.24, 2.45) is 5.92 Å². The standard InChI is InChI=1S/C8H9ClN4O3S/c9-17(15,16)3-6-1-7(14)13(2-6)8-11-4-10-5-12-8/h4-6H,1-3H2. The van der Waals surface area contributed by atoms with Crippen LogP contribution in [0.1, 0.15) is 6.42 Å². The molecule has 1 aliphatic heterocycles. The Kier molecular flexibility index (Phi) is 3.25. The van der Waals surface area contributed by atoms with Gasteiger partial charge >= 0.3 is 0 Å². The molecule has 2 heterocycles. The zero-order chi connectivity index (χ0) is 12.5. The minimum atomic E-state index is -3.60. The van der Waals surface area contributed by atoms with Crippen molar-refractivity contribution in [1.29, 1.82) is 0 Å². The van der Waals surface area contributed by atoms with Gasteiger partial charge in [0.25, 0.3) is 0 Å². The lowest BCUT2D eigenvalue weighted by Crippen LogP contribution is -2.27. The largest absolute Gasteiger partial charge is 0.280 e. The molecule has 1 unspecified atom stereocenters. The van der Waals surface area contributed by atoms with E-state index in [4.69, 9.17) is 10.7 Å². The fourth-order valence-electron chi connectivity index (χ4n) is 1.74. The third kappa shape index (κ3) is 3.10. The summed E-state index contributed by atoms with van der Waals surface area (Å²) in [6.07, 6.45) is 2.69. The van der Waals surface area contributed by atoms with Crippen LogP contribution in [-0.4, -0.2) is 41.6 Å². The topological polar surface area (TPSA) is 93.1 Å². The van der Waals surface area contributed by atoms with Gasteiger partial charge in [0, 0.05) is 29.6 Å². The molecule has 0 spiro atoms. The summed E-state index contributed by atoms with van der Waals surface area (Å²) in [6.45, 7) is 0.259. The molecule has 0 radical (unpaired) electrons. The maximum atomic E-state index is 11.7. The van der Waals surface area contributed by atoms with Crippen molar-refractivity contribution < 1.29 is 13.2 Å². The highest BCUT2D eigenvalue weighted by Crippen LogP contribution is 2.23. The van der Waals surface area contributed by atoms with Crippen LogP contribution >= 0.6 is 10.7 Å². The van der Waals surface area contributed by atoms with Crippen LogP contribution in [0.3, 0.4) is 0 Å². The fourth-order valence-corrected chi connectivity index (χ4v) is 3.06. The van der Waals surface area contributed by atoms with E-state index < -0.39 is 9.05 Å². The van der Waals surface area contributed by atoms with Crippen molar-refractivity contribution in [2.45, 2.75) is 6.42 Å². The first kappa shape index (κ1) is 12.2. The third-order valence-electron chi connectivity index (χ3n) is 2.36. The predicted molar refractivity (Wildman–Crippen MR) is 59.9 cm³/mol. The Morgan fingerprint density at radius 2 is 2.06 bits per heavy atom. The van der Waals surface area contributed by atoms with E-state index in [2.05, 4.69) is 15.0 Å². The van der Waals surface area contributed by atoms with Crippen molar-refractivity contribution in [2.75, 3.05) is 17.2 Å². The van der Waals surface area contributed by atoms with Crippen LogP contribution in [0.15, 0.2) is 12.7 Å². The third-order valence-corrected chi connectivity index (χ3v) is 3.61. The van der Waals surface area contributed by atoms with Crippen LogP contribution in [-0.2, 0) is 13.8 Å². The van der Waals surface area contributed by atoms with E-state index in [1.807, 2.05) is 0 Å². The lowest BCUT2D eigenvalue weighted by Gasteiger charge is -2.12. The van der Waals surface area contributed by atoms with E-state index in [0.717, 1.165) is 0 Å². The van der Waals surface area contributed by atoms with Gasteiger partial charge in [0.05, 0.1) is 5.75 Å². The first-order valence-corrected chi connectivity index (χ1v) is 7.28. The second-order valence-corrected chi connectivity index (χ2v) is 6.54. The molecule has 2 rings (SSSR count). The Morgan fingerprint density at radius 1 is 1.41 bits per heavy atom. The van der Waals surface area contributed by atoms with Gasteiger partial charge in [0.2, 0.25) is 20.9 Å². The minimum Gasteiger partial charge on any atom is -0.280 e. The van der Waals surface area contributed by atoms with Crippen LogP contribution in [0, 0.1) is 5.92 Å². The summed E-state index contributed by atoms with van der Waals surface area (Å²) >= 11 is 0. The highest BCUT2D eigenvalue weighted by molar-refractivity contribution is 8.13. The second-order valence-electron chi connectivity index (χ2n) is 3.72. The summed E-state index contributed by atoms with van der Waals surface area (Å²) in [5, 5.41) is 0. The average molecular weight is 277 g/mol. The smallest absolute Gasteiger partial charge is 0.235 e. The molecule has 0 bridgehead atoms. The highest BCUT2D eigenvalue weighted by atomic mass is 35.7. The van der Waals surface area contributed by atoms with Crippen LogP contribution in [0.25, 0.3) is 0 Å². The lowest BCUT2D eigenvalue weighted by molar-refractivity contribution is -0.117. The van der Waals surface area contributed by atoms with Gasteiger partial charge in [-0.05, 0) is 0 Å². The summed E-state index contributed by atoms with van der Waals surface area (Å²) in [6, 6.07) is 0. The molecular weight excluding hydrogens is 268 g/mol. The normalized spacial score (nSPS) is 20.9. The lowest BCUT2D eigenvalue weighted by atomic mass is 10.1. The molecule has 1 amide bonds. The molecule has 0 aromatic carbocycles. The van der Waals surface area contributed by atoms with E-state index in [1.165, 1.54) is 17.6 Å². The van der Waals surface area contributed by atoms with Crippen LogP contribution < -0.4 is 4.90 Å². The monoisotopic (exact) mass is 276 g/mol. The van der Waals surface area contributed by atoms with Gasteiger partial charge in [-0.25, -0.2) is 23.4 Å². The molecule has 9 heteroatoms. The van der Waals surface area contributed by atoms with Gasteiger partial charge in [0.1, 0.15) is 12.7 Å². The summed E-state index contributed by atoms with van der Waals surface area (Å²) in [5.41, 5.74) is 0. The Hall–Kier alpha value is -1.28. The molecule has 1 aromatic rings. The van der Waals surface area contributed by atoms with Crippen LogP contribution in [0.4, 0.5) is 5.95 Å². The van der Waals surface area contributed by atoms with Gasteiger partial charge in [-0.2, -0.15) is 0 Å². The second kappa shape index (κ2) is 4.53. The van der Waals surface area contributed by atoms with Gasteiger partial charge in [0.15, 0.2) is 0 Å². The number of carbonyl (C=O) groups excluding carboxylic acids is 1. The predicted octanol–water partition coefficient (Wildman–Crippen LogP) is -0.207. The molecule has 1 atom stereocenters. The number of amides is 1. The maximum absolute atomic E-state index is 11.7. The van der Waals surface area contributed by atoms with Crippen molar-refractivity contribution in [3.05, 3.63) is 12.7 Å². The van der Waals surface area contributed by atoms with Crippen LogP contribution in [0.2, 0.25) is 0 Å². The van der Waals surface area contributed by atoms with Gasteiger partial charge in [-0.1, -0.05) is 0 Å². The molecule has 92 valence electrons. The summed E-state index contributed by atoms with van der Waals surface area (Å²) in [7, 11) is 1.56. The molecule has 1 fully saturated rings. The van der Waals surface area contributed by atoms with Crippen molar-refractivity contribution >= 4 is 31.6 Å². The molecule has 1 aliphatic rings. The molecule has 17 heavy (non-hydrogen) atoms. The SMILES string of the molecule is O=C1CC(CS(=O)(=O)Cl)CN1c1ncncn1. The Morgan fingerprint density at radius 3 is 2.65 bits per heavy atom. The molecule has 0 aliphatic carbocycles. The van der Waals surface area contributed by atoms with Gasteiger partial charge < -0.3 is 0 Å². The van der Waals surface area contributed by atoms with E-state index in [-0.39, 0.29) is 36.5 Å².